The molecule has 1 aliphatic rings. The molecule has 10 nitrogen and oxygen atoms in total. The highest BCUT2D eigenvalue weighted by Gasteiger charge is 2.30. The minimum Gasteiger partial charge on any atom is -0.458 e. The number of rotatable bonds is 9. The number of ether oxygens (including phenoxy) is 3. The first-order valence-corrected chi connectivity index (χ1v) is 14.9. The third-order valence-electron chi connectivity index (χ3n) is 6.80. The van der Waals surface area contributed by atoms with Crippen LogP contribution in [0.25, 0.3) is 11.1 Å². The number of hydrogen-bond donors (Lipinski definition) is 3. The number of amides is 3. The van der Waals surface area contributed by atoms with Gasteiger partial charge in [-0.1, -0.05) is 60.7 Å². The average Bonchev–Trinajstić information content (AvgIpc) is 3.27. The molecule has 0 radical (unpaired) electrons. The molecule has 4 rings (SSSR count). The lowest BCUT2D eigenvalue weighted by molar-refractivity contribution is -0.157. The van der Waals surface area contributed by atoms with Gasteiger partial charge in [0.05, 0.1) is 0 Å². The molecular weight excluding hydrogens is 574 g/mol. The molecule has 0 spiro atoms. The molecule has 3 aromatic carbocycles. The van der Waals surface area contributed by atoms with Gasteiger partial charge in [-0.2, -0.15) is 0 Å². The number of hydrogen-bond acceptors (Lipinski definition) is 7. The highest BCUT2D eigenvalue weighted by molar-refractivity contribution is 5.94. The van der Waals surface area contributed by atoms with Crippen LogP contribution in [0.4, 0.5) is 15.3 Å². The van der Waals surface area contributed by atoms with Gasteiger partial charge >= 0.3 is 18.2 Å². The van der Waals surface area contributed by atoms with Gasteiger partial charge in [0.2, 0.25) is 5.91 Å². The summed E-state index contributed by atoms with van der Waals surface area (Å²) in [5.74, 6) is -1.11. The SMILES string of the molecule is CC(C)(C)OC(=O)N[C@@H](Cc1ccc(NC(=O)CNC(=O)OCC2c3ccccc3-c3ccccc32)cc1)C(=O)OC(C)(C)C. The smallest absolute Gasteiger partial charge is 0.408 e. The maximum atomic E-state index is 12.8. The summed E-state index contributed by atoms with van der Waals surface area (Å²) in [5, 5.41) is 7.82. The van der Waals surface area contributed by atoms with Crippen LogP contribution >= 0.6 is 0 Å². The van der Waals surface area contributed by atoms with E-state index in [2.05, 4.69) is 28.1 Å². The first-order chi connectivity index (χ1) is 21.2. The van der Waals surface area contributed by atoms with Crippen molar-refractivity contribution in [2.24, 2.45) is 0 Å². The Labute approximate surface area is 263 Å². The first kappa shape index (κ1) is 33.0. The fourth-order valence-corrected chi connectivity index (χ4v) is 4.98. The Morgan fingerprint density at radius 3 is 1.84 bits per heavy atom. The van der Waals surface area contributed by atoms with Crippen molar-refractivity contribution < 1.29 is 33.4 Å². The Hall–Kier alpha value is -4.86. The third kappa shape index (κ3) is 9.56. The van der Waals surface area contributed by atoms with E-state index in [0.717, 1.165) is 27.8 Å². The summed E-state index contributed by atoms with van der Waals surface area (Å²) >= 11 is 0. The van der Waals surface area contributed by atoms with Crippen molar-refractivity contribution >= 4 is 29.8 Å². The van der Waals surface area contributed by atoms with E-state index >= 15 is 0 Å². The molecule has 0 heterocycles. The van der Waals surface area contributed by atoms with E-state index < -0.39 is 41.3 Å². The van der Waals surface area contributed by atoms with Gasteiger partial charge in [0.25, 0.3) is 0 Å². The number of anilines is 1. The van der Waals surface area contributed by atoms with E-state index in [1.165, 1.54) is 0 Å². The zero-order valence-corrected chi connectivity index (χ0v) is 26.6. The van der Waals surface area contributed by atoms with Crippen LogP contribution in [0.1, 0.15) is 64.2 Å². The Balaban J connectivity index is 1.27. The van der Waals surface area contributed by atoms with Gasteiger partial charge in [-0.05, 0) is 81.5 Å². The number of nitrogens with one attached hydrogen (secondary N) is 3. The molecule has 0 aliphatic heterocycles. The number of carbonyl (C=O) groups is 4. The van der Waals surface area contributed by atoms with Gasteiger partial charge in [-0.25, -0.2) is 14.4 Å². The standard InChI is InChI=1S/C35H41N3O7/c1-34(2,3)44-31(40)29(38-33(42)45-35(4,5)6)19-22-15-17-23(18-16-22)37-30(39)20-36-32(41)43-21-28-26-13-9-7-11-24(26)25-12-8-10-14-27(25)28/h7-18,28-29H,19-21H2,1-6H3,(H,36,41)(H,37,39)(H,38,42)/t29-/m0/s1. The van der Waals surface area contributed by atoms with Crippen LogP contribution < -0.4 is 16.0 Å². The lowest BCUT2D eigenvalue weighted by Crippen LogP contribution is -2.47. The second-order valence-electron chi connectivity index (χ2n) is 12.9. The number of fused-ring (bicyclic) bond motifs is 3. The van der Waals surface area contributed by atoms with Crippen molar-refractivity contribution in [2.75, 3.05) is 18.5 Å². The fraction of sp³-hybridized carbons (Fsp3) is 0.371. The molecule has 238 valence electrons. The van der Waals surface area contributed by atoms with Crippen LogP contribution in [0.15, 0.2) is 72.8 Å². The predicted molar refractivity (Wildman–Crippen MR) is 171 cm³/mol. The summed E-state index contributed by atoms with van der Waals surface area (Å²) in [6, 6.07) is 21.9. The van der Waals surface area contributed by atoms with Crippen LogP contribution in [0.3, 0.4) is 0 Å². The Morgan fingerprint density at radius 1 is 0.733 bits per heavy atom. The van der Waals surface area contributed by atoms with E-state index in [0.29, 0.717) is 5.69 Å². The average molecular weight is 616 g/mol. The molecule has 1 aliphatic carbocycles. The Bertz CT molecular complexity index is 1490. The lowest BCUT2D eigenvalue weighted by Gasteiger charge is -2.26. The molecule has 0 saturated carbocycles. The van der Waals surface area contributed by atoms with Crippen LogP contribution in [0.5, 0.6) is 0 Å². The molecule has 10 heteroatoms. The number of carbonyl (C=O) groups excluding carboxylic acids is 4. The lowest BCUT2D eigenvalue weighted by atomic mass is 9.98. The summed E-state index contributed by atoms with van der Waals surface area (Å²) in [5.41, 5.74) is 4.20. The quantitative estimate of drug-likeness (QED) is 0.200. The summed E-state index contributed by atoms with van der Waals surface area (Å²) in [6.45, 7) is 10.3. The van der Waals surface area contributed by atoms with Crippen molar-refractivity contribution in [3.8, 4) is 11.1 Å². The molecule has 0 aromatic heterocycles. The van der Waals surface area contributed by atoms with Gasteiger partial charge in [0, 0.05) is 18.0 Å². The summed E-state index contributed by atoms with van der Waals surface area (Å²) in [7, 11) is 0. The summed E-state index contributed by atoms with van der Waals surface area (Å²) < 4.78 is 16.3. The van der Waals surface area contributed by atoms with Gasteiger partial charge in [0.15, 0.2) is 0 Å². The number of benzene rings is 3. The fourth-order valence-electron chi connectivity index (χ4n) is 4.98. The molecule has 0 fully saturated rings. The van der Waals surface area contributed by atoms with Gasteiger partial charge in [-0.15, -0.1) is 0 Å². The predicted octanol–water partition coefficient (Wildman–Crippen LogP) is 5.94. The zero-order chi connectivity index (χ0) is 32.8. The van der Waals surface area contributed by atoms with Crippen LogP contribution in [-0.2, 0) is 30.2 Å². The molecule has 3 aromatic rings. The molecule has 0 bridgehead atoms. The molecular formula is C35H41N3O7. The Kier molecular flexibility index (Phi) is 10.2. The topological polar surface area (TPSA) is 132 Å². The minimum atomic E-state index is -0.985. The molecule has 0 unspecified atom stereocenters. The molecule has 0 saturated heterocycles. The van der Waals surface area contributed by atoms with Crippen molar-refractivity contribution in [1.82, 2.24) is 10.6 Å². The first-order valence-electron chi connectivity index (χ1n) is 14.9. The van der Waals surface area contributed by atoms with E-state index in [1.807, 2.05) is 36.4 Å². The second kappa shape index (κ2) is 13.8. The number of alkyl carbamates (subject to hydrolysis) is 2. The van der Waals surface area contributed by atoms with E-state index in [4.69, 9.17) is 14.2 Å². The zero-order valence-electron chi connectivity index (χ0n) is 26.6. The van der Waals surface area contributed by atoms with E-state index in [-0.39, 0.29) is 25.5 Å². The largest absolute Gasteiger partial charge is 0.458 e. The van der Waals surface area contributed by atoms with E-state index in [1.54, 1.807) is 65.8 Å². The number of esters is 1. The highest BCUT2D eigenvalue weighted by Crippen LogP contribution is 2.44. The van der Waals surface area contributed by atoms with Crippen LogP contribution in [0, 0.1) is 0 Å². The van der Waals surface area contributed by atoms with Gasteiger partial charge < -0.3 is 30.2 Å². The summed E-state index contributed by atoms with van der Waals surface area (Å²) in [4.78, 5) is 50.2. The molecule has 3 N–H and O–H groups in total. The van der Waals surface area contributed by atoms with Crippen LogP contribution in [-0.4, -0.2) is 54.5 Å². The monoisotopic (exact) mass is 615 g/mol. The maximum Gasteiger partial charge on any atom is 0.408 e. The van der Waals surface area contributed by atoms with Crippen molar-refractivity contribution in [1.29, 1.82) is 0 Å². The van der Waals surface area contributed by atoms with Crippen molar-refractivity contribution in [3.05, 3.63) is 89.5 Å². The maximum absolute atomic E-state index is 12.8. The van der Waals surface area contributed by atoms with Crippen molar-refractivity contribution in [3.63, 3.8) is 0 Å². The third-order valence-corrected chi connectivity index (χ3v) is 6.80. The van der Waals surface area contributed by atoms with Gasteiger partial charge in [-0.3, -0.25) is 4.79 Å². The highest BCUT2D eigenvalue weighted by atomic mass is 16.6. The Morgan fingerprint density at radius 2 is 1.29 bits per heavy atom. The minimum absolute atomic E-state index is 0.0789. The molecule has 45 heavy (non-hydrogen) atoms. The molecule has 3 amide bonds. The van der Waals surface area contributed by atoms with Crippen LogP contribution in [0.2, 0.25) is 0 Å². The molecule has 1 atom stereocenters. The summed E-state index contributed by atoms with van der Waals surface area (Å²) in [6.07, 6.45) is -1.27. The van der Waals surface area contributed by atoms with E-state index in [9.17, 15) is 19.2 Å². The second-order valence-corrected chi connectivity index (χ2v) is 12.9. The van der Waals surface area contributed by atoms with Gasteiger partial charge in [0.1, 0.15) is 30.4 Å². The van der Waals surface area contributed by atoms with Crippen molar-refractivity contribution in [2.45, 2.75) is 71.1 Å². The normalized spacial score (nSPS) is 13.1.